The van der Waals surface area contributed by atoms with Crippen LogP contribution < -0.4 is 14.2 Å². The highest BCUT2D eigenvalue weighted by atomic mass is 35.5. The van der Waals surface area contributed by atoms with Gasteiger partial charge in [-0.2, -0.15) is 0 Å². The van der Waals surface area contributed by atoms with Gasteiger partial charge in [0, 0.05) is 27.4 Å². The molecule has 3 aromatic rings. The zero-order valence-electron chi connectivity index (χ0n) is 14.4. The lowest BCUT2D eigenvalue weighted by Crippen LogP contribution is -2.09. The van der Waals surface area contributed by atoms with E-state index in [0.717, 1.165) is 0 Å². The van der Waals surface area contributed by atoms with Gasteiger partial charge in [-0.3, -0.25) is 0 Å². The van der Waals surface area contributed by atoms with Gasteiger partial charge in [-0.25, -0.2) is 4.79 Å². The van der Waals surface area contributed by atoms with Crippen molar-refractivity contribution in [3.63, 3.8) is 0 Å². The number of methoxy groups -OCH3 is 1. The number of para-hydroxylation sites is 1. The number of esters is 1. The molecule has 0 amide bonds. The Morgan fingerprint density at radius 3 is 2.38 bits per heavy atom. The molecule has 0 aliphatic rings. The predicted octanol–water partition coefficient (Wildman–Crippen LogP) is 5.78. The summed E-state index contributed by atoms with van der Waals surface area (Å²) < 4.78 is 16.9. The minimum absolute atomic E-state index is 0.291. The van der Waals surface area contributed by atoms with Gasteiger partial charge in [-0.05, 0) is 37.3 Å². The molecule has 0 aliphatic carbocycles. The van der Waals surface area contributed by atoms with Crippen molar-refractivity contribution in [1.29, 1.82) is 0 Å². The second-order valence-electron chi connectivity index (χ2n) is 5.68. The number of halogens is 1. The summed E-state index contributed by atoms with van der Waals surface area (Å²) in [7, 11) is 1.50. The maximum absolute atomic E-state index is 12.0. The van der Waals surface area contributed by atoms with Crippen LogP contribution in [0.4, 0.5) is 0 Å². The zero-order chi connectivity index (χ0) is 18.7. The van der Waals surface area contributed by atoms with Crippen LogP contribution in [0.25, 0.3) is 10.8 Å². The number of hydrogen-bond donors (Lipinski definition) is 0. The first-order valence-corrected chi connectivity index (χ1v) is 8.28. The fourth-order valence-corrected chi connectivity index (χ4v) is 2.62. The van der Waals surface area contributed by atoms with Crippen LogP contribution in [0.5, 0.6) is 23.0 Å². The molecule has 5 heteroatoms. The fourth-order valence-electron chi connectivity index (χ4n) is 2.45. The van der Waals surface area contributed by atoms with Gasteiger partial charge in [-0.15, -0.1) is 0 Å². The van der Waals surface area contributed by atoms with E-state index < -0.39 is 5.97 Å². The molecule has 0 saturated carbocycles. The van der Waals surface area contributed by atoms with Crippen molar-refractivity contribution >= 4 is 28.3 Å². The van der Waals surface area contributed by atoms with Gasteiger partial charge in [0.1, 0.15) is 11.5 Å². The van der Waals surface area contributed by atoms with Crippen molar-refractivity contribution in [3.8, 4) is 23.0 Å². The Kier molecular flexibility index (Phi) is 5.14. The number of carbonyl (C=O) groups excluding carboxylic acids is 1. The normalized spacial score (nSPS) is 10.4. The Bertz CT molecular complexity index is 980. The van der Waals surface area contributed by atoms with Gasteiger partial charge < -0.3 is 14.2 Å². The molecule has 0 spiro atoms. The third-order valence-corrected chi connectivity index (χ3v) is 3.95. The van der Waals surface area contributed by atoms with E-state index in [9.17, 15) is 4.79 Å². The standard InChI is InChI=1S/C21H17ClO4/c1-13(2)21(23)26-20-16-10-9-14(22)11-17(16)18(12-19(20)24-3)25-15-7-5-4-6-8-15/h4-12H,1H2,2-3H3. The van der Waals surface area contributed by atoms with Crippen LogP contribution in [0, 0.1) is 0 Å². The van der Waals surface area contributed by atoms with Crippen molar-refractivity contribution in [2.24, 2.45) is 0 Å². The van der Waals surface area contributed by atoms with Crippen LogP contribution in [-0.2, 0) is 4.79 Å². The van der Waals surface area contributed by atoms with Gasteiger partial charge in [0.15, 0.2) is 11.5 Å². The van der Waals surface area contributed by atoms with E-state index in [1.54, 1.807) is 31.2 Å². The SMILES string of the molecule is C=C(C)C(=O)Oc1c(OC)cc(Oc2ccccc2)c2cc(Cl)ccc12. The van der Waals surface area contributed by atoms with Crippen LogP contribution in [-0.4, -0.2) is 13.1 Å². The van der Waals surface area contributed by atoms with Crippen molar-refractivity contribution in [2.45, 2.75) is 6.92 Å². The first-order valence-electron chi connectivity index (χ1n) is 7.90. The Hall–Kier alpha value is -2.98. The summed E-state index contributed by atoms with van der Waals surface area (Å²) in [5.41, 5.74) is 0.291. The first kappa shape index (κ1) is 17.8. The second kappa shape index (κ2) is 7.50. The molecule has 3 rings (SSSR count). The molecule has 4 nitrogen and oxygen atoms in total. The topological polar surface area (TPSA) is 44.8 Å². The summed E-state index contributed by atoms with van der Waals surface area (Å²) in [6, 6.07) is 16.3. The molecule has 0 atom stereocenters. The molecular formula is C21H17ClO4. The number of rotatable bonds is 5. The average Bonchev–Trinajstić information content (AvgIpc) is 2.64. The summed E-state index contributed by atoms with van der Waals surface area (Å²) in [4.78, 5) is 12.0. The summed E-state index contributed by atoms with van der Waals surface area (Å²) in [5, 5.41) is 1.89. The van der Waals surface area contributed by atoms with Crippen LogP contribution in [0.2, 0.25) is 5.02 Å². The molecule has 0 radical (unpaired) electrons. The highest BCUT2D eigenvalue weighted by molar-refractivity contribution is 6.31. The molecule has 0 aliphatic heterocycles. The number of ether oxygens (including phenoxy) is 3. The van der Waals surface area contributed by atoms with E-state index in [4.69, 9.17) is 25.8 Å². The number of benzene rings is 3. The molecule has 0 aromatic heterocycles. The Labute approximate surface area is 156 Å². The van der Waals surface area contributed by atoms with E-state index in [0.29, 0.717) is 44.4 Å². The molecule has 0 heterocycles. The number of hydrogen-bond acceptors (Lipinski definition) is 4. The summed E-state index contributed by atoms with van der Waals surface area (Å²) in [5.74, 6) is 1.35. The summed E-state index contributed by atoms with van der Waals surface area (Å²) in [6.07, 6.45) is 0. The van der Waals surface area contributed by atoms with Crippen LogP contribution in [0.3, 0.4) is 0 Å². The molecule has 132 valence electrons. The third kappa shape index (κ3) is 3.65. The van der Waals surface area contributed by atoms with Gasteiger partial charge in [0.05, 0.1) is 7.11 Å². The van der Waals surface area contributed by atoms with E-state index in [1.807, 2.05) is 30.3 Å². The molecule has 0 fully saturated rings. The lowest BCUT2D eigenvalue weighted by atomic mass is 10.1. The average molecular weight is 369 g/mol. The summed E-state index contributed by atoms with van der Waals surface area (Å²) in [6.45, 7) is 5.20. The maximum atomic E-state index is 12.0. The zero-order valence-corrected chi connectivity index (χ0v) is 15.2. The highest BCUT2D eigenvalue weighted by Gasteiger charge is 2.19. The Morgan fingerprint density at radius 2 is 1.73 bits per heavy atom. The smallest absolute Gasteiger partial charge is 0.338 e. The Balaban J connectivity index is 2.18. The van der Waals surface area contributed by atoms with Crippen LogP contribution in [0.1, 0.15) is 6.92 Å². The second-order valence-corrected chi connectivity index (χ2v) is 6.12. The molecule has 0 unspecified atom stereocenters. The molecule has 26 heavy (non-hydrogen) atoms. The quantitative estimate of drug-likeness (QED) is 0.325. The minimum atomic E-state index is -0.531. The lowest BCUT2D eigenvalue weighted by Gasteiger charge is -2.16. The van der Waals surface area contributed by atoms with Crippen molar-refractivity contribution in [1.82, 2.24) is 0 Å². The largest absolute Gasteiger partial charge is 0.493 e. The number of fused-ring (bicyclic) bond motifs is 1. The van der Waals surface area contributed by atoms with Crippen LogP contribution in [0.15, 0.2) is 66.7 Å². The predicted molar refractivity (Wildman–Crippen MR) is 102 cm³/mol. The molecular weight excluding hydrogens is 352 g/mol. The third-order valence-electron chi connectivity index (χ3n) is 3.71. The van der Waals surface area contributed by atoms with E-state index in [2.05, 4.69) is 6.58 Å². The van der Waals surface area contributed by atoms with Gasteiger partial charge >= 0.3 is 5.97 Å². The van der Waals surface area contributed by atoms with Gasteiger partial charge in [0.25, 0.3) is 0 Å². The maximum Gasteiger partial charge on any atom is 0.338 e. The fraction of sp³-hybridized carbons (Fsp3) is 0.0952. The highest BCUT2D eigenvalue weighted by Crippen LogP contribution is 2.44. The van der Waals surface area contributed by atoms with Crippen molar-refractivity contribution in [2.75, 3.05) is 7.11 Å². The Morgan fingerprint density at radius 1 is 1.00 bits per heavy atom. The van der Waals surface area contributed by atoms with Crippen molar-refractivity contribution in [3.05, 3.63) is 71.8 Å². The number of carbonyl (C=O) groups is 1. The monoisotopic (exact) mass is 368 g/mol. The lowest BCUT2D eigenvalue weighted by molar-refractivity contribution is -0.130. The van der Waals surface area contributed by atoms with Crippen LogP contribution >= 0.6 is 11.6 Å². The molecule has 0 saturated heterocycles. The van der Waals surface area contributed by atoms with Crippen molar-refractivity contribution < 1.29 is 19.0 Å². The summed E-state index contributed by atoms with van der Waals surface area (Å²) >= 11 is 6.17. The van der Waals surface area contributed by atoms with E-state index >= 15 is 0 Å². The first-order chi connectivity index (χ1) is 12.5. The van der Waals surface area contributed by atoms with Gasteiger partial charge in [-0.1, -0.05) is 36.4 Å². The van der Waals surface area contributed by atoms with Gasteiger partial charge in [0.2, 0.25) is 0 Å². The minimum Gasteiger partial charge on any atom is -0.493 e. The molecule has 0 N–H and O–H groups in total. The van der Waals surface area contributed by atoms with E-state index in [1.165, 1.54) is 7.11 Å². The van der Waals surface area contributed by atoms with E-state index in [-0.39, 0.29) is 0 Å². The molecule has 3 aromatic carbocycles. The molecule has 0 bridgehead atoms.